The van der Waals surface area contributed by atoms with Crippen LogP contribution in [0.1, 0.15) is 77.0 Å². The first-order valence-electron chi connectivity index (χ1n) is 17.7. The first kappa shape index (κ1) is 38.4. The molecule has 0 radical (unpaired) electrons. The monoisotopic (exact) mass is 708 g/mol. The van der Waals surface area contributed by atoms with Gasteiger partial charge in [0.25, 0.3) is 5.91 Å². The Morgan fingerprint density at radius 3 is 2.18 bits per heavy atom. The highest BCUT2D eigenvalue weighted by Gasteiger charge is 2.50. The molecule has 2 aromatic carbocycles. The van der Waals surface area contributed by atoms with Gasteiger partial charge in [-0.25, -0.2) is 9.78 Å². The summed E-state index contributed by atoms with van der Waals surface area (Å²) in [6, 6.07) is 12.6. The summed E-state index contributed by atoms with van der Waals surface area (Å²) in [6.07, 6.45) is 4.40. The van der Waals surface area contributed by atoms with Crippen molar-refractivity contribution in [1.82, 2.24) is 15.3 Å². The van der Waals surface area contributed by atoms with Crippen molar-refractivity contribution in [3.63, 3.8) is 0 Å². The minimum atomic E-state index is -1.55. The van der Waals surface area contributed by atoms with Crippen LogP contribution in [-0.2, 0) is 6.42 Å². The molecule has 0 aliphatic heterocycles. The van der Waals surface area contributed by atoms with Crippen molar-refractivity contribution in [3.05, 3.63) is 65.0 Å². The van der Waals surface area contributed by atoms with E-state index in [9.17, 15) is 19.8 Å². The Labute approximate surface area is 298 Å². The van der Waals surface area contributed by atoms with E-state index in [1.54, 1.807) is 19.2 Å². The van der Waals surface area contributed by atoms with Crippen LogP contribution in [0.15, 0.2) is 42.5 Å². The summed E-state index contributed by atoms with van der Waals surface area (Å²) in [5.41, 5.74) is 4.06. The van der Waals surface area contributed by atoms with E-state index >= 15 is 0 Å². The molecule has 1 amide bonds. The molecule has 51 heavy (non-hydrogen) atoms. The van der Waals surface area contributed by atoms with Crippen molar-refractivity contribution < 1.29 is 45.0 Å². The molecular formula is C38H52N4O9. The minimum absolute atomic E-state index is 0.00466. The highest BCUT2D eigenvalue weighted by Crippen LogP contribution is 2.61. The number of benzene rings is 2. The third-order valence-electron chi connectivity index (χ3n) is 10.9. The van der Waals surface area contributed by atoms with Crippen LogP contribution >= 0.6 is 0 Å². The number of hydrogen-bond donors (Lipinski definition) is 9. The summed E-state index contributed by atoms with van der Waals surface area (Å²) < 4.78 is 5.16. The number of likely N-dealkylation sites (N-methyl/N-ethyl adjacent to an activating group) is 1. The number of carbonyl (C=O) groups excluding carboxylic acids is 1. The quantitative estimate of drug-likeness (QED) is 0.119. The summed E-state index contributed by atoms with van der Waals surface area (Å²) in [5, 5.41) is 59.9. The van der Waals surface area contributed by atoms with Gasteiger partial charge in [0, 0.05) is 23.5 Å². The number of nitrogens with zero attached hydrogens (tertiary/aromatic N) is 1. The summed E-state index contributed by atoms with van der Waals surface area (Å²) >= 11 is 0. The minimum Gasteiger partial charge on any atom is -0.496 e. The van der Waals surface area contributed by atoms with E-state index in [1.807, 2.05) is 31.2 Å². The fourth-order valence-electron chi connectivity index (χ4n) is 8.77. The van der Waals surface area contributed by atoms with Gasteiger partial charge in [-0.15, -0.1) is 0 Å². The number of aromatic carboxylic acids is 1. The molecule has 7 rings (SSSR count). The van der Waals surface area contributed by atoms with E-state index in [0.29, 0.717) is 22.6 Å². The predicted molar refractivity (Wildman–Crippen MR) is 191 cm³/mol. The highest BCUT2D eigenvalue weighted by molar-refractivity contribution is 6.05. The number of nitrogens with one attached hydrogen (secondary N) is 3. The lowest BCUT2D eigenvalue weighted by molar-refractivity contribution is -0.113. The zero-order valence-electron chi connectivity index (χ0n) is 29.5. The molecule has 4 bridgehead atoms. The number of imidazole rings is 1. The maximum Gasteiger partial charge on any atom is 0.339 e. The number of anilines is 1. The average Bonchev–Trinajstić information content (AvgIpc) is 3.54. The van der Waals surface area contributed by atoms with Crippen LogP contribution in [0.25, 0.3) is 11.4 Å². The van der Waals surface area contributed by atoms with Gasteiger partial charge in [0.1, 0.15) is 41.1 Å². The third kappa shape index (κ3) is 8.97. The summed E-state index contributed by atoms with van der Waals surface area (Å²) in [4.78, 5) is 33.5. The van der Waals surface area contributed by atoms with Crippen LogP contribution in [0, 0.1) is 30.1 Å². The summed E-state index contributed by atoms with van der Waals surface area (Å²) in [5.74, 6) is 2.12. The molecule has 4 aliphatic carbocycles. The van der Waals surface area contributed by atoms with Crippen molar-refractivity contribution in [3.8, 4) is 17.1 Å². The van der Waals surface area contributed by atoms with Gasteiger partial charge in [-0.2, -0.15) is 0 Å². The van der Waals surface area contributed by atoms with Crippen LogP contribution < -0.4 is 15.4 Å². The van der Waals surface area contributed by atoms with E-state index in [1.165, 1.54) is 51.7 Å². The number of H-pyrrole nitrogens is 1. The molecule has 13 nitrogen and oxygen atoms in total. The lowest BCUT2D eigenvalue weighted by Crippen LogP contribution is -2.48. The molecule has 13 heteroatoms. The fraction of sp³-hybridized carbons (Fsp3) is 0.553. The second-order valence-corrected chi connectivity index (χ2v) is 14.7. The topological polar surface area (TPSA) is 217 Å². The molecule has 4 atom stereocenters. The normalized spacial score (nSPS) is 24.2. The van der Waals surface area contributed by atoms with E-state index in [-0.39, 0.29) is 23.8 Å². The number of hydrogen-bond acceptors (Lipinski definition) is 10. The van der Waals surface area contributed by atoms with Crippen molar-refractivity contribution in [2.45, 2.75) is 82.7 Å². The lowest BCUT2D eigenvalue weighted by Gasteiger charge is -2.57. The molecule has 3 aromatic rings. The van der Waals surface area contributed by atoms with E-state index < -0.39 is 37.0 Å². The number of aromatic nitrogens is 2. The Hall–Kier alpha value is -3.85. The Morgan fingerprint density at radius 2 is 1.61 bits per heavy atom. The van der Waals surface area contributed by atoms with Gasteiger partial charge >= 0.3 is 5.97 Å². The van der Waals surface area contributed by atoms with Crippen molar-refractivity contribution >= 4 is 17.6 Å². The third-order valence-corrected chi connectivity index (χ3v) is 10.9. The standard InChI is InChI=1S/C31H35N3O4.C7H17NO5/c1-18-5-3-4-6-23(18)28-33-25(9-10-31-15-19-11-20(16-31)13-21(12-19)17-31)27(34-28)29(35)32-22-7-8-26(38-2)24(14-22)30(36)37;1-8-2-4(10)6(12)7(13)5(11)3-9/h3-8,14,19-21H,9-13,15-17H2,1-2H3,(H,32,35)(H,33,34)(H,36,37);4-13H,2-3H2,1H3/t;4-,5+,6+,7+/m.0/s1. The summed E-state index contributed by atoms with van der Waals surface area (Å²) in [7, 11) is 3.00. The Bertz CT molecular complexity index is 1620. The van der Waals surface area contributed by atoms with Gasteiger partial charge in [0.2, 0.25) is 0 Å². The molecule has 4 saturated carbocycles. The van der Waals surface area contributed by atoms with Crippen LogP contribution in [0.3, 0.4) is 0 Å². The zero-order valence-corrected chi connectivity index (χ0v) is 29.5. The number of ether oxygens (including phenoxy) is 1. The fourth-order valence-corrected chi connectivity index (χ4v) is 8.77. The first-order chi connectivity index (χ1) is 24.4. The number of carboxylic acid groups (broad SMARTS) is 1. The number of carbonyl (C=O) groups is 2. The maximum atomic E-state index is 13.6. The molecular weight excluding hydrogens is 656 g/mol. The van der Waals surface area contributed by atoms with E-state index in [0.717, 1.165) is 47.4 Å². The van der Waals surface area contributed by atoms with Gasteiger partial charge in [-0.3, -0.25) is 4.79 Å². The number of aryl methyl sites for hydroxylation is 2. The largest absolute Gasteiger partial charge is 0.496 e. The summed E-state index contributed by atoms with van der Waals surface area (Å²) in [6.45, 7) is 1.47. The molecule has 0 spiro atoms. The van der Waals surface area contributed by atoms with Gasteiger partial charge in [0.15, 0.2) is 0 Å². The van der Waals surface area contributed by atoms with Crippen LogP contribution in [0.5, 0.6) is 5.75 Å². The molecule has 4 aliphatic rings. The van der Waals surface area contributed by atoms with E-state index in [2.05, 4.69) is 15.6 Å². The van der Waals surface area contributed by atoms with Crippen LogP contribution in [-0.4, -0.2) is 104 Å². The van der Waals surface area contributed by atoms with Gasteiger partial charge < -0.3 is 51.0 Å². The number of rotatable bonds is 14. The predicted octanol–water partition coefficient (Wildman–Crippen LogP) is 3.13. The maximum absolute atomic E-state index is 13.6. The molecule has 0 saturated heterocycles. The van der Waals surface area contributed by atoms with Crippen molar-refractivity contribution in [1.29, 1.82) is 0 Å². The molecule has 1 aromatic heterocycles. The smallest absolute Gasteiger partial charge is 0.339 e. The van der Waals surface area contributed by atoms with Crippen molar-refractivity contribution in [2.75, 3.05) is 32.6 Å². The molecule has 4 fully saturated rings. The lowest BCUT2D eigenvalue weighted by atomic mass is 9.48. The number of methoxy groups -OCH3 is 1. The average molecular weight is 709 g/mol. The molecule has 278 valence electrons. The zero-order chi connectivity index (χ0) is 36.9. The Balaban J connectivity index is 0.000000332. The second kappa shape index (κ2) is 16.7. The first-order valence-corrected chi connectivity index (χ1v) is 17.7. The van der Waals surface area contributed by atoms with Crippen molar-refractivity contribution in [2.24, 2.45) is 23.2 Å². The SMILES string of the molecule is CNC[C@H](O)[C@@H](O)[C@H](O)[C@H](O)CO.COc1ccc(NC(=O)c2nc(-c3ccccc3C)[nH]c2CCC23CC4CC(CC(C4)C2)C3)cc1C(=O)O. The van der Waals surface area contributed by atoms with Crippen LogP contribution in [0.2, 0.25) is 0 Å². The van der Waals surface area contributed by atoms with Gasteiger partial charge in [-0.05, 0) is 112 Å². The van der Waals surface area contributed by atoms with E-state index in [4.69, 9.17) is 30.1 Å². The molecule has 1 heterocycles. The second-order valence-electron chi connectivity index (χ2n) is 14.7. The van der Waals surface area contributed by atoms with Crippen LogP contribution in [0.4, 0.5) is 5.69 Å². The Kier molecular flexibility index (Phi) is 12.5. The number of carboxylic acids is 1. The number of amides is 1. The number of aliphatic hydroxyl groups excluding tert-OH is 5. The molecule has 0 unspecified atom stereocenters. The number of aliphatic hydroxyl groups is 5. The highest BCUT2D eigenvalue weighted by atomic mass is 16.5. The Morgan fingerprint density at radius 1 is 0.980 bits per heavy atom. The molecule has 9 N–H and O–H groups in total. The van der Waals surface area contributed by atoms with Gasteiger partial charge in [0.05, 0.1) is 19.8 Å². The number of aromatic amines is 1. The van der Waals surface area contributed by atoms with Gasteiger partial charge in [-0.1, -0.05) is 24.3 Å².